The zero-order chi connectivity index (χ0) is 20.4. The number of hydrogen-bond donors (Lipinski definition) is 3. The molecule has 0 aliphatic carbocycles. The summed E-state index contributed by atoms with van der Waals surface area (Å²) in [6, 6.07) is 8.79. The van der Waals surface area contributed by atoms with Crippen LogP contribution in [-0.4, -0.2) is 47.7 Å². The Morgan fingerprint density at radius 1 is 0.828 bits per heavy atom. The highest BCUT2D eigenvalue weighted by molar-refractivity contribution is 5.36. The van der Waals surface area contributed by atoms with Gasteiger partial charge in [-0.15, -0.1) is 0 Å². The van der Waals surface area contributed by atoms with E-state index in [-0.39, 0.29) is 36.9 Å². The SMILES string of the molecule is O[C@H](CNC[C@H](O)C1CCc2cc(F)ccc2O1)[C@H]1CCc2cc(F)ccc2O1. The molecular weight excluding hydrogens is 380 g/mol. The molecular formula is C22H25F2NO4. The maximum absolute atomic E-state index is 13.3. The summed E-state index contributed by atoms with van der Waals surface area (Å²) < 4.78 is 38.2. The lowest BCUT2D eigenvalue weighted by molar-refractivity contribution is 0.00892. The molecule has 0 fully saturated rings. The summed E-state index contributed by atoms with van der Waals surface area (Å²) in [4.78, 5) is 0. The molecule has 0 saturated carbocycles. The highest BCUT2D eigenvalue weighted by atomic mass is 19.1. The second-order valence-electron chi connectivity index (χ2n) is 7.69. The summed E-state index contributed by atoms with van der Waals surface area (Å²) in [5.41, 5.74) is 1.62. The standard InChI is InChI=1S/C22H25F2NO4/c23-15-3-7-19-13(9-15)1-5-21(28-19)17(26)11-25-12-18(27)22-6-2-14-10-16(24)4-8-20(14)29-22/h3-4,7-10,17-18,21-22,25-27H,1-2,5-6,11-12H2/t17-,18+,21-,22?/m1/s1. The number of hydrogen-bond acceptors (Lipinski definition) is 5. The normalized spacial score (nSPS) is 22.6. The zero-order valence-electron chi connectivity index (χ0n) is 16.0. The van der Waals surface area contributed by atoms with Crippen molar-refractivity contribution in [3.05, 3.63) is 59.2 Å². The summed E-state index contributed by atoms with van der Waals surface area (Å²) in [7, 11) is 0. The van der Waals surface area contributed by atoms with E-state index in [1.54, 1.807) is 12.1 Å². The number of rotatable bonds is 6. The molecule has 5 nitrogen and oxygen atoms in total. The lowest BCUT2D eigenvalue weighted by Gasteiger charge is -2.31. The molecule has 29 heavy (non-hydrogen) atoms. The molecule has 1 unspecified atom stereocenters. The van der Waals surface area contributed by atoms with Gasteiger partial charge in [-0.2, -0.15) is 0 Å². The van der Waals surface area contributed by atoms with Crippen LogP contribution >= 0.6 is 0 Å². The van der Waals surface area contributed by atoms with Gasteiger partial charge in [0.25, 0.3) is 0 Å². The Balaban J connectivity index is 1.24. The molecule has 2 aromatic rings. The molecule has 4 rings (SSSR count). The van der Waals surface area contributed by atoms with E-state index in [9.17, 15) is 19.0 Å². The van der Waals surface area contributed by atoms with Crippen LogP contribution in [-0.2, 0) is 12.8 Å². The fourth-order valence-corrected chi connectivity index (χ4v) is 3.94. The third-order valence-electron chi connectivity index (χ3n) is 5.56. The Morgan fingerprint density at radius 2 is 1.28 bits per heavy atom. The molecule has 3 N–H and O–H groups in total. The van der Waals surface area contributed by atoms with Crippen molar-refractivity contribution in [1.82, 2.24) is 5.32 Å². The minimum absolute atomic E-state index is 0.257. The smallest absolute Gasteiger partial charge is 0.126 e. The summed E-state index contributed by atoms with van der Waals surface area (Å²) in [6.45, 7) is 0.513. The minimum atomic E-state index is -0.753. The van der Waals surface area contributed by atoms with Gasteiger partial charge >= 0.3 is 0 Å². The molecule has 0 saturated heterocycles. The Hall–Kier alpha value is -2.22. The lowest BCUT2D eigenvalue weighted by atomic mass is 9.98. The average molecular weight is 405 g/mol. The molecule has 0 spiro atoms. The van der Waals surface area contributed by atoms with Gasteiger partial charge in [-0.25, -0.2) is 8.78 Å². The van der Waals surface area contributed by atoms with Crippen LogP contribution in [0.2, 0.25) is 0 Å². The molecule has 2 aliphatic rings. The lowest BCUT2D eigenvalue weighted by Crippen LogP contribution is -2.46. The first-order valence-electron chi connectivity index (χ1n) is 9.96. The van der Waals surface area contributed by atoms with E-state index in [0.29, 0.717) is 37.2 Å². The molecule has 0 aromatic heterocycles. The number of ether oxygens (including phenoxy) is 2. The quantitative estimate of drug-likeness (QED) is 0.688. The maximum Gasteiger partial charge on any atom is 0.126 e. The van der Waals surface area contributed by atoms with Gasteiger partial charge in [0.05, 0.1) is 0 Å². The van der Waals surface area contributed by atoms with Crippen molar-refractivity contribution in [2.45, 2.75) is 50.1 Å². The van der Waals surface area contributed by atoms with Crippen molar-refractivity contribution in [2.75, 3.05) is 13.1 Å². The van der Waals surface area contributed by atoms with E-state index in [1.807, 2.05) is 0 Å². The van der Waals surface area contributed by atoms with Crippen LogP contribution in [0.4, 0.5) is 8.78 Å². The Bertz CT molecular complexity index is 793. The third-order valence-corrected chi connectivity index (χ3v) is 5.56. The number of fused-ring (bicyclic) bond motifs is 2. The minimum Gasteiger partial charge on any atom is -0.487 e. The Kier molecular flexibility index (Phi) is 5.99. The number of aryl methyl sites for hydroxylation is 2. The first kappa shape index (κ1) is 20.1. The first-order chi connectivity index (χ1) is 14.0. The fourth-order valence-electron chi connectivity index (χ4n) is 3.94. The second kappa shape index (κ2) is 8.65. The number of aliphatic hydroxyl groups excluding tert-OH is 2. The van der Waals surface area contributed by atoms with Crippen molar-refractivity contribution < 1.29 is 28.5 Å². The molecule has 7 heteroatoms. The monoisotopic (exact) mass is 405 g/mol. The van der Waals surface area contributed by atoms with Crippen LogP contribution in [0.25, 0.3) is 0 Å². The predicted molar refractivity (Wildman–Crippen MR) is 103 cm³/mol. The average Bonchev–Trinajstić information content (AvgIpc) is 2.72. The summed E-state index contributed by atoms with van der Waals surface area (Å²) in [5.74, 6) is 0.624. The van der Waals surface area contributed by atoms with Crippen molar-refractivity contribution >= 4 is 0 Å². The van der Waals surface area contributed by atoms with Crippen molar-refractivity contribution in [3.63, 3.8) is 0 Å². The Labute approximate surface area is 168 Å². The van der Waals surface area contributed by atoms with Gasteiger partial charge in [-0.05, 0) is 73.2 Å². The van der Waals surface area contributed by atoms with Gasteiger partial charge in [0.15, 0.2) is 0 Å². The van der Waals surface area contributed by atoms with Gasteiger partial charge < -0.3 is 25.0 Å². The van der Waals surface area contributed by atoms with E-state index in [4.69, 9.17) is 9.47 Å². The zero-order valence-corrected chi connectivity index (χ0v) is 16.0. The maximum atomic E-state index is 13.3. The Morgan fingerprint density at radius 3 is 1.72 bits per heavy atom. The number of aliphatic hydroxyl groups is 2. The van der Waals surface area contributed by atoms with Crippen LogP contribution in [0, 0.1) is 11.6 Å². The molecule has 0 radical (unpaired) electrons. The molecule has 156 valence electrons. The molecule has 0 bridgehead atoms. The number of nitrogens with one attached hydrogen (secondary N) is 1. The van der Waals surface area contributed by atoms with Crippen LogP contribution < -0.4 is 14.8 Å². The van der Waals surface area contributed by atoms with Gasteiger partial charge in [0.2, 0.25) is 0 Å². The van der Waals surface area contributed by atoms with Crippen LogP contribution in [0.15, 0.2) is 36.4 Å². The topological polar surface area (TPSA) is 71.0 Å². The van der Waals surface area contributed by atoms with Crippen LogP contribution in [0.3, 0.4) is 0 Å². The van der Waals surface area contributed by atoms with Crippen molar-refractivity contribution in [2.24, 2.45) is 0 Å². The van der Waals surface area contributed by atoms with Crippen molar-refractivity contribution in [1.29, 1.82) is 0 Å². The third kappa shape index (κ3) is 4.69. The largest absolute Gasteiger partial charge is 0.487 e. The summed E-state index contributed by atoms with van der Waals surface area (Å²) in [6.07, 6.45) is 0.214. The highest BCUT2D eigenvalue weighted by Crippen LogP contribution is 2.30. The van der Waals surface area contributed by atoms with Gasteiger partial charge in [0.1, 0.15) is 47.5 Å². The molecule has 4 atom stereocenters. The van der Waals surface area contributed by atoms with Crippen molar-refractivity contribution in [3.8, 4) is 11.5 Å². The van der Waals surface area contributed by atoms with E-state index in [1.165, 1.54) is 24.3 Å². The van der Waals surface area contributed by atoms with E-state index in [0.717, 1.165) is 11.1 Å². The van der Waals surface area contributed by atoms with Crippen LogP contribution in [0.1, 0.15) is 24.0 Å². The highest BCUT2D eigenvalue weighted by Gasteiger charge is 2.29. The molecule has 0 amide bonds. The van der Waals surface area contributed by atoms with Crippen LogP contribution in [0.5, 0.6) is 11.5 Å². The van der Waals surface area contributed by atoms with Gasteiger partial charge in [-0.3, -0.25) is 0 Å². The summed E-state index contributed by atoms with van der Waals surface area (Å²) >= 11 is 0. The van der Waals surface area contributed by atoms with Gasteiger partial charge in [0, 0.05) is 13.1 Å². The van der Waals surface area contributed by atoms with E-state index < -0.39 is 12.2 Å². The summed E-state index contributed by atoms with van der Waals surface area (Å²) in [5, 5.41) is 23.9. The predicted octanol–water partition coefficient (Wildman–Crippen LogP) is 2.36. The number of halogens is 2. The second-order valence-corrected chi connectivity index (χ2v) is 7.69. The molecule has 2 heterocycles. The molecule has 2 aromatic carbocycles. The number of benzene rings is 2. The van der Waals surface area contributed by atoms with E-state index in [2.05, 4.69) is 5.32 Å². The first-order valence-corrected chi connectivity index (χ1v) is 9.96. The van der Waals surface area contributed by atoms with Gasteiger partial charge in [-0.1, -0.05) is 0 Å². The fraction of sp³-hybridized carbons (Fsp3) is 0.455. The molecule has 2 aliphatic heterocycles. The van der Waals surface area contributed by atoms with E-state index >= 15 is 0 Å².